The highest BCUT2D eigenvalue weighted by Crippen LogP contribution is 2.31. The Morgan fingerprint density at radius 2 is 0.971 bits per heavy atom. The summed E-state index contributed by atoms with van der Waals surface area (Å²) in [4.78, 5) is 24.8. The molecule has 0 bridgehead atoms. The molecule has 8 heteroatoms. The van der Waals surface area contributed by atoms with Crippen LogP contribution < -0.4 is 18.9 Å². The maximum Gasteiger partial charge on any atom is 0.338 e. The highest BCUT2D eigenvalue weighted by atomic mass is 16.5. The van der Waals surface area contributed by atoms with Gasteiger partial charge in [0.05, 0.1) is 52.8 Å². The van der Waals surface area contributed by atoms with Crippen LogP contribution in [0.15, 0.2) is 36.4 Å². The molecular weight excluding hydrogens is 440 g/mol. The van der Waals surface area contributed by atoms with Crippen LogP contribution in [0.3, 0.4) is 0 Å². The first-order chi connectivity index (χ1) is 16.5. The first-order valence-electron chi connectivity index (χ1n) is 11.3. The van der Waals surface area contributed by atoms with Crippen LogP contribution in [-0.4, -0.2) is 53.6 Å². The van der Waals surface area contributed by atoms with Gasteiger partial charge in [0, 0.05) is 0 Å². The van der Waals surface area contributed by atoms with Gasteiger partial charge in [-0.3, -0.25) is 0 Å². The summed E-state index contributed by atoms with van der Waals surface area (Å²) in [6.07, 6.45) is 3.66. The maximum atomic E-state index is 12.4. The van der Waals surface area contributed by atoms with E-state index in [2.05, 4.69) is 0 Å². The van der Waals surface area contributed by atoms with Crippen molar-refractivity contribution >= 4 is 11.9 Å². The number of ether oxygens (including phenoxy) is 6. The van der Waals surface area contributed by atoms with E-state index in [0.29, 0.717) is 59.2 Å². The lowest BCUT2D eigenvalue weighted by Crippen LogP contribution is -2.24. The molecule has 0 atom stereocenters. The second kappa shape index (κ2) is 12.2. The van der Waals surface area contributed by atoms with Crippen molar-refractivity contribution in [3.05, 3.63) is 47.5 Å². The summed E-state index contributed by atoms with van der Waals surface area (Å²) in [6.45, 7) is 0.733. The summed E-state index contributed by atoms with van der Waals surface area (Å²) in [5.74, 6) is 1.91. The minimum Gasteiger partial charge on any atom is -0.493 e. The van der Waals surface area contributed by atoms with E-state index in [0.717, 1.165) is 25.7 Å². The summed E-state index contributed by atoms with van der Waals surface area (Å²) in [5.41, 5.74) is 0.849. The van der Waals surface area contributed by atoms with Gasteiger partial charge in [0.15, 0.2) is 23.0 Å². The lowest BCUT2D eigenvalue weighted by Gasteiger charge is -2.27. The van der Waals surface area contributed by atoms with Crippen molar-refractivity contribution in [2.75, 3.05) is 41.7 Å². The van der Waals surface area contributed by atoms with Gasteiger partial charge in [-0.15, -0.1) is 0 Å². The monoisotopic (exact) mass is 472 g/mol. The molecular formula is C26H32O8. The van der Waals surface area contributed by atoms with E-state index in [1.165, 1.54) is 14.2 Å². The maximum absolute atomic E-state index is 12.4. The summed E-state index contributed by atoms with van der Waals surface area (Å²) in [6, 6.07) is 9.92. The molecule has 8 nitrogen and oxygen atoms in total. The molecule has 0 saturated heterocycles. The molecule has 0 spiro atoms. The Kier molecular flexibility index (Phi) is 9.01. The van der Waals surface area contributed by atoms with E-state index < -0.39 is 0 Å². The second-order valence-electron chi connectivity index (χ2n) is 8.22. The minimum absolute atomic E-state index is 0.293. The van der Waals surface area contributed by atoms with Gasteiger partial charge in [0.25, 0.3) is 0 Å². The Bertz CT molecular complexity index is 899. The van der Waals surface area contributed by atoms with E-state index in [1.807, 2.05) is 0 Å². The van der Waals surface area contributed by atoms with Gasteiger partial charge in [0.1, 0.15) is 0 Å². The lowest BCUT2D eigenvalue weighted by molar-refractivity contribution is 0.0297. The Labute approximate surface area is 200 Å². The van der Waals surface area contributed by atoms with Gasteiger partial charge in [-0.25, -0.2) is 9.59 Å². The van der Waals surface area contributed by atoms with Gasteiger partial charge < -0.3 is 28.4 Å². The number of rotatable bonds is 10. The highest BCUT2D eigenvalue weighted by molar-refractivity contribution is 5.90. The van der Waals surface area contributed by atoms with Crippen LogP contribution in [0.2, 0.25) is 0 Å². The number of hydrogen-bond donors (Lipinski definition) is 0. The van der Waals surface area contributed by atoms with Gasteiger partial charge in [-0.1, -0.05) is 0 Å². The van der Waals surface area contributed by atoms with E-state index in [-0.39, 0.29) is 11.9 Å². The molecule has 1 fully saturated rings. The predicted molar refractivity (Wildman–Crippen MR) is 125 cm³/mol. The SMILES string of the molecule is COc1ccc(C(=O)OCC2CCC(COC(=O)c3ccc(OC)c(OC)c3)CC2)cc1OC. The average Bonchev–Trinajstić information content (AvgIpc) is 2.89. The normalized spacial score (nSPS) is 17.4. The molecule has 0 radical (unpaired) electrons. The smallest absolute Gasteiger partial charge is 0.338 e. The molecule has 1 saturated carbocycles. The number of carbonyl (C=O) groups is 2. The minimum atomic E-state index is -0.382. The zero-order chi connectivity index (χ0) is 24.5. The molecule has 2 aromatic carbocycles. The van der Waals surface area contributed by atoms with Crippen LogP contribution in [0, 0.1) is 11.8 Å². The van der Waals surface area contributed by atoms with E-state index in [1.54, 1.807) is 50.6 Å². The first kappa shape index (κ1) is 25.2. The number of esters is 2. The Hall–Kier alpha value is -3.42. The molecule has 2 aromatic rings. The molecule has 0 aromatic heterocycles. The molecule has 0 N–H and O–H groups in total. The second-order valence-corrected chi connectivity index (χ2v) is 8.22. The molecule has 34 heavy (non-hydrogen) atoms. The summed E-state index contributed by atoms with van der Waals surface area (Å²) >= 11 is 0. The molecule has 184 valence electrons. The Morgan fingerprint density at radius 1 is 0.618 bits per heavy atom. The third kappa shape index (κ3) is 6.34. The highest BCUT2D eigenvalue weighted by Gasteiger charge is 2.24. The summed E-state index contributed by atoms with van der Waals surface area (Å²) in [5, 5.41) is 0. The van der Waals surface area contributed by atoms with Crippen LogP contribution in [-0.2, 0) is 9.47 Å². The van der Waals surface area contributed by atoms with Gasteiger partial charge in [0.2, 0.25) is 0 Å². The van der Waals surface area contributed by atoms with Crippen LogP contribution in [0.1, 0.15) is 46.4 Å². The lowest BCUT2D eigenvalue weighted by atomic mass is 9.83. The molecule has 1 aliphatic carbocycles. The van der Waals surface area contributed by atoms with E-state index >= 15 is 0 Å². The summed E-state index contributed by atoms with van der Waals surface area (Å²) < 4.78 is 31.9. The van der Waals surface area contributed by atoms with Crippen molar-refractivity contribution in [2.45, 2.75) is 25.7 Å². The largest absolute Gasteiger partial charge is 0.493 e. The molecule has 0 unspecified atom stereocenters. The average molecular weight is 473 g/mol. The van der Waals surface area contributed by atoms with Crippen LogP contribution in [0.5, 0.6) is 23.0 Å². The van der Waals surface area contributed by atoms with E-state index in [4.69, 9.17) is 28.4 Å². The zero-order valence-corrected chi connectivity index (χ0v) is 20.1. The summed E-state index contributed by atoms with van der Waals surface area (Å²) in [7, 11) is 6.14. The molecule has 0 heterocycles. The van der Waals surface area contributed by atoms with Crippen molar-refractivity contribution in [2.24, 2.45) is 11.8 Å². The van der Waals surface area contributed by atoms with Crippen molar-refractivity contribution in [3.63, 3.8) is 0 Å². The van der Waals surface area contributed by atoms with Gasteiger partial charge in [-0.2, -0.15) is 0 Å². The third-order valence-corrected chi connectivity index (χ3v) is 6.11. The number of methoxy groups -OCH3 is 4. The fraction of sp³-hybridized carbons (Fsp3) is 0.462. The van der Waals surface area contributed by atoms with Crippen molar-refractivity contribution in [3.8, 4) is 23.0 Å². The van der Waals surface area contributed by atoms with E-state index in [9.17, 15) is 9.59 Å². The van der Waals surface area contributed by atoms with Crippen molar-refractivity contribution in [1.29, 1.82) is 0 Å². The van der Waals surface area contributed by atoms with Crippen LogP contribution >= 0.6 is 0 Å². The first-order valence-corrected chi connectivity index (χ1v) is 11.3. The van der Waals surface area contributed by atoms with Crippen LogP contribution in [0.4, 0.5) is 0 Å². The zero-order valence-electron chi connectivity index (χ0n) is 20.1. The fourth-order valence-corrected chi connectivity index (χ4v) is 4.04. The Morgan fingerprint density at radius 3 is 1.29 bits per heavy atom. The number of carbonyl (C=O) groups excluding carboxylic acids is 2. The fourth-order valence-electron chi connectivity index (χ4n) is 4.04. The number of benzene rings is 2. The van der Waals surface area contributed by atoms with Crippen molar-refractivity contribution in [1.82, 2.24) is 0 Å². The van der Waals surface area contributed by atoms with Crippen LogP contribution in [0.25, 0.3) is 0 Å². The standard InChI is InChI=1S/C26H32O8/c1-29-21-11-9-19(13-23(21)31-3)25(27)33-15-17-5-7-18(8-6-17)16-34-26(28)20-10-12-22(30-2)24(14-20)32-4/h9-14,17-18H,5-8,15-16H2,1-4H3. The molecule has 3 rings (SSSR count). The van der Waals surface area contributed by atoms with Gasteiger partial charge >= 0.3 is 11.9 Å². The third-order valence-electron chi connectivity index (χ3n) is 6.11. The molecule has 0 amide bonds. The van der Waals surface area contributed by atoms with Crippen molar-refractivity contribution < 1.29 is 38.0 Å². The predicted octanol–water partition coefficient (Wildman–Crippen LogP) is 4.54. The Balaban J connectivity index is 1.41. The topological polar surface area (TPSA) is 89.5 Å². The number of hydrogen-bond acceptors (Lipinski definition) is 8. The van der Waals surface area contributed by atoms with Gasteiger partial charge in [-0.05, 0) is 73.9 Å². The molecule has 0 aliphatic heterocycles. The molecule has 1 aliphatic rings. The quantitative estimate of drug-likeness (QED) is 0.466.